The Morgan fingerprint density at radius 2 is 2.06 bits per heavy atom. The maximum atomic E-state index is 13.7. The van der Waals surface area contributed by atoms with Crippen LogP contribution in [0.1, 0.15) is 12.0 Å². The van der Waals surface area contributed by atoms with Gasteiger partial charge in [0.2, 0.25) is 0 Å². The quantitative estimate of drug-likeness (QED) is 0.372. The second-order valence-electron chi connectivity index (χ2n) is 6.83. The van der Waals surface area contributed by atoms with Gasteiger partial charge in [-0.1, -0.05) is 47.7 Å². The molecular formula is C22H18ClFN2O6S2. The highest BCUT2D eigenvalue weighted by atomic mass is 35.5. The van der Waals surface area contributed by atoms with Crippen molar-refractivity contribution >= 4 is 69.4 Å². The smallest absolute Gasteiger partial charge is 0.305 e. The number of carbonyl (C=O) groups is 3. The monoisotopic (exact) mass is 524 g/mol. The van der Waals surface area contributed by atoms with E-state index in [0.717, 1.165) is 11.8 Å². The summed E-state index contributed by atoms with van der Waals surface area (Å²) >= 11 is 12.5. The molecule has 178 valence electrons. The van der Waals surface area contributed by atoms with Crippen molar-refractivity contribution < 1.29 is 33.4 Å². The van der Waals surface area contributed by atoms with Crippen LogP contribution in [0.15, 0.2) is 41.3 Å². The van der Waals surface area contributed by atoms with Crippen molar-refractivity contribution in [2.24, 2.45) is 0 Å². The number of halogens is 2. The SMILES string of the molecule is COc1cc(/C=C2\SC(=S)N(CCC(=O)O)C2=O)cc(Cl)c1OCC(=O)Nc1ccccc1F. The maximum absolute atomic E-state index is 13.7. The number of thioether (sulfide) groups is 1. The predicted octanol–water partition coefficient (Wildman–Crippen LogP) is 4.18. The minimum Gasteiger partial charge on any atom is -0.493 e. The number of methoxy groups -OCH3 is 1. The summed E-state index contributed by atoms with van der Waals surface area (Å²) in [6.07, 6.45) is 1.32. The third-order valence-corrected chi connectivity index (χ3v) is 6.13. The second-order valence-corrected chi connectivity index (χ2v) is 8.91. The number of hydrogen-bond donors (Lipinski definition) is 2. The third-order valence-electron chi connectivity index (χ3n) is 4.47. The summed E-state index contributed by atoms with van der Waals surface area (Å²) in [6.45, 7) is -0.477. The van der Waals surface area contributed by atoms with Crippen molar-refractivity contribution in [3.8, 4) is 11.5 Å². The molecule has 1 heterocycles. The summed E-state index contributed by atoms with van der Waals surface area (Å²) in [7, 11) is 1.38. The van der Waals surface area contributed by atoms with Crippen LogP contribution in [-0.4, -0.2) is 52.4 Å². The number of ether oxygens (including phenoxy) is 2. The van der Waals surface area contributed by atoms with Crippen LogP contribution < -0.4 is 14.8 Å². The van der Waals surface area contributed by atoms with Gasteiger partial charge in [0.05, 0.1) is 29.1 Å². The Morgan fingerprint density at radius 1 is 1.32 bits per heavy atom. The minimum atomic E-state index is -1.03. The number of nitrogens with one attached hydrogen (secondary N) is 1. The molecule has 0 bridgehead atoms. The molecule has 1 aliphatic heterocycles. The standard InChI is InChI=1S/C22H18ClFN2O6S2/c1-31-16-9-12(10-17-21(30)26(22(33)34-17)7-6-19(28)29)8-13(23)20(16)32-11-18(27)25-15-5-3-2-4-14(15)24/h2-5,8-10H,6-7,11H2,1H3,(H,25,27)(H,28,29)/b17-10-. The molecule has 0 atom stereocenters. The molecule has 2 N–H and O–H groups in total. The average molecular weight is 525 g/mol. The van der Waals surface area contributed by atoms with Gasteiger partial charge in [0.15, 0.2) is 18.1 Å². The van der Waals surface area contributed by atoms with Gasteiger partial charge in [-0.05, 0) is 35.9 Å². The van der Waals surface area contributed by atoms with Crippen molar-refractivity contribution in [1.82, 2.24) is 4.90 Å². The summed E-state index contributed by atoms with van der Waals surface area (Å²) in [5.41, 5.74) is 0.522. The van der Waals surface area contributed by atoms with Crippen LogP contribution in [0.3, 0.4) is 0 Å². The summed E-state index contributed by atoms with van der Waals surface area (Å²) in [5, 5.41) is 11.4. The van der Waals surface area contributed by atoms with E-state index in [1.165, 1.54) is 36.3 Å². The van der Waals surface area contributed by atoms with E-state index in [-0.39, 0.29) is 39.5 Å². The summed E-state index contributed by atoms with van der Waals surface area (Å²) in [5.74, 6) is -2.32. The van der Waals surface area contributed by atoms with Crippen LogP contribution in [0, 0.1) is 5.82 Å². The zero-order chi connectivity index (χ0) is 24.8. The largest absolute Gasteiger partial charge is 0.493 e. The Kier molecular flexibility index (Phi) is 8.48. The van der Waals surface area contributed by atoms with Crippen molar-refractivity contribution in [1.29, 1.82) is 0 Å². The van der Waals surface area contributed by atoms with Crippen LogP contribution in [0.2, 0.25) is 5.02 Å². The molecule has 34 heavy (non-hydrogen) atoms. The zero-order valence-electron chi connectivity index (χ0n) is 17.7. The van der Waals surface area contributed by atoms with Crippen molar-refractivity contribution in [2.75, 3.05) is 25.6 Å². The summed E-state index contributed by atoms with van der Waals surface area (Å²) in [6, 6.07) is 8.78. The van der Waals surface area contributed by atoms with Gasteiger partial charge >= 0.3 is 5.97 Å². The Morgan fingerprint density at radius 3 is 2.74 bits per heavy atom. The fourth-order valence-electron chi connectivity index (χ4n) is 2.90. The van der Waals surface area contributed by atoms with Gasteiger partial charge < -0.3 is 19.9 Å². The minimum absolute atomic E-state index is 0.0187. The van der Waals surface area contributed by atoms with Gasteiger partial charge in [-0.3, -0.25) is 19.3 Å². The van der Waals surface area contributed by atoms with Gasteiger partial charge in [0.25, 0.3) is 11.8 Å². The Balaban J connectivity index is 1.73. The maximum Gasteiger partial charge on any atom is 0.305 e. The van der Waals surface area contributed by atoms with Crippen LogP contribution in [0.4, 0.5) is 10.1 Å². The molecule has 0 saturated carbocycles. The molecule has 8 nitrogen and oxygen atoms in total. The molecule has 12 heteroatoms. The lowest BCUT2D eigenvalue weighted by Gasteiger charge is -2.14. The van der Waals surface area contributed by atoms with E-state index in [4.69, 9.17) is 38.4 Å². The number of nitrogens with zero attached hydrogens (tertiary/aromatic N) is 1. The number of carboxylic acids is 1. The van der Waals surface area contributed by atoms with Crippen LogP contribution >= 0.6 is 35.6 Å². The molecule has 0 aliphatic carbocycles. The van der Waals surface area contributed by atoms with Gasteiger partial charge in [-0.2, -0.15) is 0 Å². The third kappa shape index (κ3) is 6.25. The summed E-state index contributed by atoms with van der Waals surface area (Å²) in [4.78, 5) is 37.1. The molecule has 0 unspecified atom stereocenters. The van der Waals surface area contributed by atoms with Gasteiger partial charge in [-0.15, -0.1) is 0 Å². The molecule has 2 amide bonds. The molecule has 1 saturated heterocycles. The van der Waals surface area contributed by atoms with E-state index in [0.29, 0.717) is 10.5 Å². The van der Waals surface area contributed by atoms with E-state index in [2.05, 4.69) is 5.32 Å². The first-order chi connectivity index (χ1) is 16.2. The number of amides is 2. The van der Waals surface area contributed by atoms with Crippen molar-refractivity contribution in [3.63, 3.8) is 0 Å². The number of carboxylic acid groups (broad SMARTS) is 1. The second kappa shape index (κ2) is 11.3. The van der Waals surface area contributed by atoms with Crippen LogP contribution in [0.5, 0.6) is 11.5 Å². The number of para-hydroxylation sites is 1. The number of hydrogen-bond acceptors (Lipinski definition) is 7. The number of rotatable bonds is 9. The van der Waals surface area contributed by atoms with Gasteiger partial charge in [-0.25, -0.2) is 4.39 Å². The van der Waals surface area contributed by atoms with Crippen molar-refractivity contribution in [2.45, 2.75) is 6.42 Å². The normalized spacial score (nSPS) is 14.4. The molecule has 0 spiro atoms. The first-order valence-electron chi connectivity index (χ1n) is 9.71. The van der Waals surface area contributed by atoms with Gasteiger partial charge in [0, 0.05) is 6.54 Å². The molecule has 1 aliphatic rings. The molecular weight excluding hydrogens is 507 g/mol. The number of carbonyl (C=O) groups excluding carboxylic acids is 2. The van der Waals surface area contributed by atoms with Crippen molar-refractivity contribution in [3.05, 3.63) is 57.7 Å². The van der Waals surface area contributed by atoms with E-state index in [1.54, 1.807) is 18.2 Å². The average Bonchev–Trinajstić information content (AvgIpc) is 3.04. The Bertz CT molecular complexity index is 1190. The molecule has 2 aromatic rings. The highest BCUT2D eigenvalue weighted by molar-refractivity contribution is 8.26. The number of aliphatic carboxylic acids is 1. The first kappa shape index (κ1) is 25.5. The van der Waals surface area contributed by atoms with Gasteiger partial charge in [0.1, 0.15) is 10.1 Å². The van der Waals surface area contributed by atoms with E-state index in [1.807, 2.05) is 0 Å². The number of thiocarbonyl (C=S) groups is 1. The fraction of sp³-hybridized carbons (Fsp3) is 0.182. The topological polar surface area (TPSA) is 105 Å². The first-order valence-corrected chi connectivity index (χ1v) is 11.3. The lowest BCUT2D eigenvalue weighted by Crippen LogP contribution is -2.30. The molecule has 3 rings (SSSR count). The lowest BCUT2D eigenvalue weighted by molar-refractivity contribution is -0.137. The Labute approximate surface area is 208 Å². The van der Waals surface area contributed by atoms with Crippen LogP contribution in [-0.2, 0) is 14.4 Å². The number of anilines is 1. The predicted molar refractivity (Wildman–Crippen MR) is 131 cm³/mol. The number of benzene rings is 2. The molecule has 0 aromatic heterocycles. The molecule has 0 radical (unpaired) electrons. The lowest BCUT2D eigenvalue weighted by atomic mass is 10.1. The van der Waals surface area contributed by atoms with Crippen LogP contribution in [0.25, 0.3) is 6.08 Å². The highest BCUT2D eigenvalue weighted by Gasteiger charge is 2.32. The van der Waals surface area contributed by atoms with E-state index < -0.39 is 30.2 Å². The van der Waals surface area contributed by atoms with E-state index in [9.17, 15) is 18.8 Å². The zero-order valence-corrected chi connectivity index (χ0v) is 20.1. The fourth-order valence-corrected chi connectivity index (χ4v) is 4.48. The molecule has 2 aromatic carbocycles. The molecule has 1 fully saturated rings. The summed E-state index contributed by atoms with van der Waals surface area (Å²) < 4.78 is 24.8. The highest BCUT2D eigenvalue weighted by Crippen LogP contribution is 2.39. The Hall–Kier alpha value is -3.15. The van der Waals surface area contributed by atoms with E-state index >= 15 is 0 Å².